The van der Waals surface area contributed by atoms with E-state index >= 15 is 0 Å². The van der Waals surface area contributed by atoms with Crippen molar-refractivity contribution in [3.63, 3.8) is 0 Å². The Labute approximate surface area is 693 Å². The van der Waals surface area contributed by atoms with Crippen molar-refractivity contribution in [2.75, 3.05) is 0 Å². The molecule has 0 saturated carbocycles. The van der Waals surface area contributed by atoms with Crippen LogP contribution >= 0.6 is 121 Å². The highest BCUT2D eigenvalue weighted by molar-refractivity contribution is 7.81. The minimum absolute atomic E-state index is 0. The van der Waals surface area contributed by atoms with Crippen molar-refractivity contribution in [1.29, 1.82) is 0 Å². The number of rotatable bonds is 25. The van der Waals surface area contributed by atoms with E-state index in [0.29, 0.717) is 106 Å². The highest BCUT2D eigenvalue weighted by Gasteiger charge is 2.16. The third-order valence-corrected chi connectivity index (χ3v) is 19.5. The van der Waals surface area contributed by atoms with E-state index in [1.807, 2.05) is 60.7 Å². The lowest BCUT2D eigenvalue weighted by molar-refractivity contribution is 0.0725. The lowest BCUT2D eigenvalue weighted by Gasteiger charge is -2.06. The molecular weight excluding hydrogens is 1610 g/mol. The molecule has 0 heterocycles. The first-order valence-electron chi connectivity index (χ1n) is 34.4. The molecule has 10 aromatic carbocycles. The van der Waals surface area contributed by atoms with Gasteiger partial charge in [0.05, 0.1) is 77.4 Å². The van der Waals surface area contributed by atoms with E-state index in [1.54, 1.807) is 152 Å². The Bertz CT molecular complexity index is 3800. The molecule has 0 amide bonds. The van der Waals surface area contributed by atoms with Crippen LogP contribution in [-0.4, -0.2) is 29.8 Å². The highest BCUT2D eigenvalue weighted by atomic mass is 35.5. The summed E-state index contributed by atoms with van der Waals surface area (Å²) in [6, 6.07) is 61.7. The summed E-state index contributed by atoms with van der Waals surface area (Å²) in [7, 11) is 0. The average Bonchev–Trinajstić information content (AvgIpc) is 0.874. The summed E-state index contributed by atoms with van der Waals surface area (Å²) in [6.07, 6.45) is 16.7. The van der Waals surface area contributed by atoms with Crippen molar-refractivity contribution in [3.05, 3.63) is 293 Å². The first kappa shape index (κ1) is 99.8. The molecule has 10 nitrogen and oxygen atoms in total. The zero-order chi connectivity index (χ0) is 76.2. The van der Waals surface area contributed by atoms with E-state index in [2.05, 4.69) is 34.6 Å². The van der Waals surface area contributed by atoms with Crippen LogP contribution in [0.25, 0.3) is 0 Å². The van der Waals surface area contributed by atoms with Gasteiger partial charge >= 0.3 is 29.8 Å². The Hall–Kier alpha value is -8.25. The standard InChI is InChI=1S/5C17H16ClO2S.5FH/c5*1-2-3-4-12-5-7-13(8-6-12)17(19)20-14-9-10-16(21)15(18)11-14;;;;;/h5*5-11H,2-4H2,1H3;5*1H. The van der Waals surface area contributed by atoms with Crippen molar-refractivity contribution in [3.8, 4) is 28.7 Å². The third kappa shape index (κ3) is 35.0. The molecule has 0 aliphatic heterocycles. The van der Waals surface area contributed by atoms with Gasteiger partial charge < -0.3 is 23.7 Å². The van der Waals surface area contributed by atoms with Crippen molar-refractivity contribution in [2.45, 2.75) is 155 Å². The van der Waals surface area contributed by atoms with Gasteiger partial charge in [-0.15, -0.1) is 0 Å². The van der Waals surface area contributed by atoms with E-state index in [1.165, 1.54) is 27.8 Å². The maximum absolute atomic E-state index is 12.0. The predicted molar refractivity (Wildman–Crippen MR) is 449 cm³/mol. The topological polar surface area (TPSA) is 132 Å². The summed E-state index contributed by atoms with van der Waals surface area (Å²) in [5.74, 6) is -0.00516. The van der Waals surface area contributed by atoms with Crippen molar-refractivity contribution >= 4 is 151 Å². The lowest BCUT2D eigenvalue weighted by Crippen LogP contribution is -2.08. The number of hydrogen-bond acceptors (Lipinski definition) is 10. The average molecular weight is 1700 g/mol. The first-order valence-corrected chi connectivity index (χ1v) is 38.3. The summed E-state index contributed by atoms with van der Waals surface area (Å²) in [5.41, 5.74) is 8.75. The number of halogens is 10. The van der Waals surface area contributed by atoms with Crippen molar-refractivity contribution in [1.82, 2.24) is 0 Å². The number of unbranched alkanes of at least 4 members (excludes halogenated alkanes) is 5. The van der Waals surface area contributed by atoms with Crippen LogP contribution in [0.2, 0.25) is 25.1 Å². The van der Waals surface area contributed by atoms with Crippen LogP contribution in [0.3, 0.4) is 0 Å². The largest absolute Gasteiger partial charge is 0.423 e. The number of esters is 5. The van der Waals surface area contributed by atoms with Gasteiger partial charge in [-0.05, 0) is 213 Å². The van der Waals surface area contributed by atoms with Gasteiger partial charge in [0.15, 0.2) is 0 Å². The second-order valence-electron chi connectivity index (χ2n) is 23.9. The molecule has 25 heteroatoms. The van der Waals surface area contributed by atoms with Gasteiger partial charge in [0, 0.05) is 30.3 Å². The second-order valence-corrected chi connectivity index (χ2v) is 28.1. The van der Waals surface area contributed by atoms with E-state index in [9.17, 15) is 24.0 Å². The third-order valence-electron chi connectivity index (χ3n) is 15.6. The molecule has 585 valence electrons. The Kier molecular flexibility index (Phi) is 48.6. The van der Waals surface area contributed by atoms with Gasteiger partial charge in [0.25, 0.3) is 0 Å². The molecule has 0 N–H and O–H groups in total. The van der Waals surface area contributed by atoms with Gasteiger partial charge in [-0.2, -0.15) is 0 Å². The summed E-state index contributed by atoms with van der Waals surface area (Å²) in [6.45, 7) is 10.8. The zero-order valence-corrected chi connectivity index (χ0v) is 68.7. The number of hydrogen-bond donors (Lipinski definition) is 0. The lowest BCUT2D eigenvalue weighted by atomic mass is 10.1. The van der Waals surface area contributed by atoms with Crippen LogP contribution in [0.4, 0.5) is 23.5 Å². The van der Waals surface area contributed by atoms with Gasteiger partial charge in [-0.3, -0.25) is 23.5 Å². The Morgan fingerprint density at radius 2 is 0.373 bits per heavy atom. The SMILES string of the molecule is CCCCc1ccc(C(=O)Oc2ccc([S])c(Cl)c2)cc1.CCCCc1ccc(C(=O)Oc2ccc([S])c(Cl)c2)cc1.CCCCc1ccc(C(=O)Oc2ccc([S])c(Cl)c2)cc1.CCCCc1ccc(C(=O)Oc2ccc([S])c(Cl)c2)cc1.CCCCc1ccc(C(=O)Oc2ccc([S])c(Cl)c2)cc1.F.F.F.F.F. The molecular formula is C85H85Cl5F5O10S5. The fraction of sp³-hybridized carbons (Fsp3) is 0.235. The highest BCUT2D eigenvalue weighted by Crippen LogP contribution is 2.31. The molecule has 0 spiro atoms. The smallest absolute Gasteiger partial charge is 0.343 e. The van der Waals surface area contributed by atoms with Gasteiger partial charge in [0.1, 0.15) is 28.7 Å². The van der Waals surface area contributed by atoms with Crippen LogP contribution in [0.1, 0.15) is 178 Å². The van der Waals surface area contributed by atoms with Crippen LogP contribution < -0.4 is 23.7 Å². The molecule has 0 saturated heterocycles. The molecule has 0 bridgehead atoms. The summed E-state index contributed by atoms with van der Waals surface area (Å²) >= 11 is 54.6. The second kappa shape index (κ2) is 53.6. The molecule has 5 radical (unpaired) electrons. The molecule has 0 atom stereocenters. The van der Waals surface area contributed by atoms with Crippen LogP contribution in [0, 0.1) is 0 Å². The normalized spacial score (nSPS) is 9.91. The van der Waals surface area contributed by atoms with Crippen LogP contribution in [-0.2, 0) is 32.1 Å². The summed E-state index contributed by atoms with van der Waals surface area (Å²) < 4.78 is 26.4. The molecule has 10 aromatic rings. The molecule has 0 fully saturated rings. The Balaban J connectivity index is 0.000000680. The summed E-state index contributed by atoms with van der Waals surface area (Å²) in [5, 5.41) is 2.04. The number of benzene rings is 10. The summed E-state index contributed by atoms with van der Waals surface area (Å²) in [4.78, 5) is 62.9. The Morgan fingerprint density at radius 1 is 0.236 bits per heavy atom. The fourth-order valence-electron chi connectivity index (χ4n) is 9.50. The predicted octanol–water partition coefficient (Wildman–Crippen LogP) is 28.1. The molecule has 0 aliphatic carbocycles. The maximum atomic E-state index is 12.0. The maximum Gasteiger partial charge on any atom is 0.343 e. The minimum atomic E-state index is -0.398. The van der Waals surface area contributed by atoms with E-state index in [-0.39, 0.29) is 23.5 Å². The van der Waals surface area contributed by atoms with Gasteiger partial charge in [-0.1, -0.05) is 249 Å². The molecule has 0 aromatic heterocycles. The molecule has 0 aliphatic rings. The van der Waals surface area contributed by atoms with E-state index in [0.717, 1.165) is 96.3 Å². The monoisotopic (exact) mass is 1700 g/mol. The van der Waals surface area contributed by atoms with E-state index in [4.69, 9.17) is 145 Å². The number of carbonyl (C=O) groups is 5. The molecule has 0 unspecified atom stereocenters. The van der Waals surface area contributed by atoms with E-state index < -0.39 is 29.8 Å². The van der Waals surface area contributed by atoms with Crippen molar-refractivity contribution in [2.24, 2.45) is 0 Å². The van der Waals surface area contributed by atoms with Crippen LogP contribution in [0.5, 0.6) is 28.7 Å². The Morgan fingerprint density at radius 3 is 0.491 bits per heavy atom. The van der Waals surface area contributed by atoms with Crippen molar-refractivity contribution < 1.29 is 71.2 Å². The number of carbonyl (C=O) groups excluding carboxylic acids is 5. The zero-order valence-electron chi connectivity index (χ0n) is 60.9. The van der Waals surface area contributed by atoms with Crippen LogP contribution in [0.15, 0.2) is 237 Å². The quantitative estimate of drug-likeness (QED) is 0.0309. The molecule has 110 heavy (non-hydrogen) atoms. The fourth-order valence-corrected chi connectivity index (χ4v) is 11.0. The first-order chi connectivity index (χ1) is 50.5. The number of ether oxygens (including phenoxy) is 5. The number of aryl methyl sites for hydroxylation is 5. The van der Waals surface area contributed by atoms with Gasteiger partial charge in [-0.25, -0.2) is 24.0 Å². The van der Waals surface area contributed by atoms with Gasteiger partial charge in [0.2, 0.25) is 0 Å². The molecule has 10 rings (SSSR count). The minimum Gasteiger partial charge on any atom is -0.423 e.